The van der Waals surface area contributed by atoms with E-state index in [2.05, 4.69) is 56.4 Å². The van der Waals surface area contributed by atoms with Gasteiger partial charge < -0.3 is 10.2 Å². The number of thiazole rings is 1. The number of fused-ring (bicyclic) bond motifs is 1. The summed E-state index contributed by atoms with van der Waals surface area (Å²) in [6.45, 7) is 2.95. The van der Waals surface area contributed by atoms with Crippen molar-refractivity contribution >= 4 is 50.2 Å². The minimum atomic E-state index is -0.0565. The Kier molecular flexibility index (Phi) is 7.91. The molecule has 170 valence electrons. The Labute approximate surface area is 202 Å². The number of rotatable bonds is 10. The van der Waals surface area contributed by atoms with Gasteiger partial charge in [-0.1, -0.05) is 78.9 Å². The maximum Gasteiger partial charge on any atom is 0.234 e. The van der Waals surface area contributed by atoms with E-state index in [1.807, 2.05) is 37.4 Å². The maximum absolute atomic E-state index is 12.5. The number of thioether (sulfide) groups is 1. The first-order valence-corrected chi connectivity index (χ1v) is 12.8. The molecule has 2 aromatic heterocycles. The Balaban J connectivity index is 1.37. The number of amides is 1. The molecule has 6 nitrogen and oxygen atoms in total. The van der Waals surface area contributed by atoms with Crippen LogP contribution in [0.25, 0.3) is 10.3 Å². The Morgan fingerprint density at radius 1 is 1.06 bits per heavy atom. The highest BCUT2D eigenvalue weighted by molar-refractivity contribution is 8.00. The molecular formula is C25H27N5OS2. The summed E-state index contributed by atoms with van der Waals surface area (Å²) in [5, 5.41) is 4.63. The minimum Gasteiger partial charge on any atom is -0.347 e. The van der Waals surface area contributed by atoms with Gasteiger partial charge in [-0.25, -0.2) is 9.97 Å². The number of carbonyl (C=O) groups excluding carboxylic acids is 1. The summed E-state index contributed by atoms with van der Waals surface area (Å²) in [6, 6.07) is 18.4. The van der Waals surface area contributed by atoms with Crippen LogP contribution < -0.4 is 10.2 Å². The average molecular weight is 478 g/mol. The first-order valence-electron chi connectivity index (χ1n) is 11.0. The summed E-state index contributed by atoms with van der Waals surface area (Å²) in [5.74, 6) is 0.218. The van der Waals surface area contributed by atoms with Crippen LogP contribution in [-0.2, 0) is 17.8 Å². The first kappa shape index (κ1) is 23.2. The van der Waals surface area contributed by atoms with Crippen molar-refractivity contribution in [2.75, 3.05) is 23.0 Å². The van der Waals surface area contributed by atoms with Crippen molar-refractivity contribution in [2.45, 2.75) is 37.8 Å². The van der Waals surface area contributed by atoms with Crippen LogP contribution >= 0.6 is 23.1 Å². The highest BCUT2D eigenvalue weighted by Gasteiger charge is 2.15. The number of anilines is 2. The van der Waals surface area contributed by atoms with E-state index in [9.17, 15) is 4.79 Å². The van der Waals surface area contributed by atoms with E-state index in [0.717, 1.165) is 33.5 Å². The molecule has 1 N–H and O–H groups in total. The van der Waals surface area contributed by atoms with Gasteiger partial charge in [0.1, 0.15) is 16.1 Å². The highest BCUT2D eigenvalue weighted by atomic mass is 32.2. The van der Waals surface area contributed by atoms with Crippen molar-refractivity contribution in [1.82, 2.24) is 15.0 Å². The van der Waals surface area contributed by atoms with Crippen LogP contribution in [0.3, 0.4) is 0 Å². The number of aryl methyl sites for hydroxylation is 1. The monoisotopic (exact) mass is 477 g/mol. The number of nitrogens with one attached hydrogen (secondary N) is 1. The van der Waals surface area contributed by atoms with E-state index in [4.69, 9.17) is 0 Å². The van der Waals surface area contributed by atoms with E-state index < -0.39 is 0 Å². The number of nitrogens with zero attached hydrogens (tertiary/aromatic N) is 4. The molecule has 0 aliphatic carbocycles. The van der Waals surface area contributed by atoms with Crippen molar-refractivity contribution in [3.63, 3.8) is 0 Å². The van der Waals surface area contributed by atoms with Gasteiger partial charge in [0.25, 0.3) is 0 Å². The lowest BCUT2D eigenvalue weighted by Crippen LogP contribution is -2.15. The quantitative estimate of drug-likeness (QED) is 0.230. The second-order valence-corrected chi connectivity index (χ2v) is 9.75. The molecule has 0 atom stereocenters. The minimum absolute atomic E-state index is 0.0565. The van der Waals surface area contributed by atoms with E-state index in [0.29, 0.717) is 5.65 Å². The molecule has 0 saturated carbocycles. The summed E-state index contributed by atoms with van der Waals surface area (Å²) in [4.78, 5) is 28.0. The van der Waals surface area contributed by atoms with Gasteiger partial charge in [0.05, 0.1) is 5.75 Å². The maximum atomic E-state index is 12.5. The first-order chi connectivity index (χ1) is 16.1. The van der Waals surface area contributed by atoms with E-state index >= 15 is 0 Å². The smallest absolute Gasteiger partial charge is 0.234 e. The topological polar surface area (TPSA) is 71.0 Å². The molecule has 0 aliphatic heterocycles. The van der Waals surface area contributed by atoms with Crippen molar-refractivity contribution in [2.24, 2.45) is 0 Å². The van der Waals surface area contributed by atoms with Crippen LogP contribution in [0.5, 0.6) is 0 Å². The third kappa shape index (κ3) is 6.30. The zero-order valence-electron chi connectivity index (χ0n) is 18.8. The molecule has 0 unspecified atom stereocenters. The number of benzene rings is 2. The third-order valence-corrected chi connectivity index (χ3v) is 7.42. The van der Waals surface area contributed by atoms with Crippen molar-refractivity contribution < 1.29 is 4.79 Å². The van der Waals surface area contributed by atoms with Gasteiger partial charge in [0.2, 0.25) is 5.91 Å². The molecule has 0 aliphatic rings. The lowest BCUT2D eigenvalue weighted by Gasteiger charge is -2.15. The second kappa shape index (κ2) is 11.2. The lowest BCUT2D eigenvalue weighted by molar-refractivity contribution is -0.113. The number of unbranched alkanes of at least 4 members (excludes halogenated alkanes) is 1. The Morgan fingerprint density at radius 2 is 1.85 bits per heavy atom. The number of hydrogen-bond donors (Lipinski definition) is 1. The molecule has 0 bridgehead atoms. The van der Waals surface area contributed by atoms with Gasteiger partial charge in [-0.15, -0.1) is 0 Å². The second-order valence-electron chi connectivity index (χ2n) is 7.81. The predicted molar refractivity (Wildman–Crippen MR) is 138 cm³/mol. The molecule has 4 rings (SSSR count). The van der Waals surface area contributed by atoms with E-state index in [1.54, 1.807) is 11.3 Å². The van der Waals surface area contributed by atoms with Crippen LogP contribution in [0.2, 0.25) is 0 Å². The van der Waals surface area contributed by atoms with Crippen molar-refractivity contribution in [1.29, 1.82) is 0 Å². The number of aromatic nitrogens is 3. The zero-order valence-corrected chi connectivity index (χ0v) is 20.5. The molecule has 0 radical (unpaired) electrons. The van der Waals surface area contributed by atoms with Crippen molar-refractivity contribution in [3.8, 4) is 0 Å². The molecule has 0 fully saturated rings. The van der Waals surface area contributed by atoms with Crippen molar-refractivity contribution in [3.05, 3.63) is 72.1 Å². The normalized spacial score (nSPS) is 11.0. The number of hydrogen-bond acceptors (Lipinski definition) is 7. The molecule has 8 heteroatoms. The summed E-state index contributed by atoms with van der Waals surface area (Å²) >= 11 is 2.96. The van der Waals surface area contributed by atoms with Crippen LogP contribution in [0.15, 0.2) is 66.0 Å². The van der Waals surface area contributed by atoms with E-state index in [1.165, 1.54) is 42.1 Å². The van der Waals surface area contributed by atoms with Gasteiger partial charge in [-0.05, 0) is 36.1 Å². The molecule has 2 aromatic carbocycles. The van der Waals surface area contributed by atoms with Gasteiger partial charge >= 0.3 is 0 Å². The average Bonchev–Trinajstić information content (AvgIpc) is 3.28. The van der Waals surface area contributed by atoms with Gasteiger partial charge in [-0.2, -0.15) is 4.98 Å². The van der Waals surface area contributed by atoms with Crippen LogP contribution in [0, 0.1) is 0 Å². The van der Waals surface area contributed by atoms with Gasteiger partial charge in [0.15, 0.2) is 10.8 Å². The van der Waals surface area contributed by atoms with Gasteiger partial charge in [0, 0.05) is 19.3 Å². The summed E-state index contributed by atoms with van der Waals surface area (Å²) in [7, 11) is 2.02. The predicted octanol–water partition coefficient (Wildman–Crippen LogP) is 5.80. The highest BCUT2D eigenvalue weighted by Crippen LogP contribution is 2.33. The third-order valence-electron chi connectivity index (χ3n) is 5.13. The van der Waals surface area contributed by atoms with Crippen LogP contribution in [0.1, 0.15) is 30.9 Å². The molecule has 0 saturated heterocycles. The summed E-state index contributed by atoms with van der Waals surface area (Å²) in [6.07, 6.45) is 4.94. The van der Waals surface area contributed by atoms with Crippen LogP contribution in [0.4, 0.5) is 10.8 Å². The number of carbonyl (C=O) groups is 1. The molecule has 0 spiro atoms. The fourth-order valence-corrected chi connectivity index (χ4v) is 5.23. The zero-order chi connectivity index (χ0) is 23.0. The summed E-state index contributed by atoms with van der Waals surface area (Å²) in [5.41, 5.74) is 3.99. The SMILES string of the molecule is CCCCc1ccc(NC(=O)CSc2ncnc3nc(N(C)Cc4ccccc4)sc23)cc1. The standard InChI is InChI=1S/C25H27N5OS2/c1-3-4-8-18-11-13-20(14-12-18)28-21(31)16-32-24-22-23(26-17-27-24)29-25(33-22)30(2)15-19-9-6-5-7-10-19/h5-7,9-14,17H,3-4,8,15-16H2,1-2H3,(H,28,31). The Hall–Kier alpha value is -2.97. The van der Waals surface area contributed by atoms with E-state index in [-0.39, 0.29) is 11.7 Å². The molecular weight excluding hydrogens is 450 g/mol. The lowest BCUT2D eigenvalue weighted by atomic mass is 10.1. The fourth-order valence-electron chi connectivity index (χ4n) is 3.38. The Bertz CT molecular complexity index is 1190. The molecule has 4 aromatic rings. The van der Waals surface area contributed by atoms with Gasteiger partial charge in [-0.3, -0.25) is 4.79 Å². The summed E-state index contributed by atoms with van der Waals surface area (Å²) < 4.78 is 0.908. The molecule has 33 heavy (non-hydrogen) atoms. The largest absolute Gasteiger partial charge is 0.347 e. The Morgan fingerprint density at radius 3 is 2.61 bits per heavy atom. The van der Waals surface area contributed by atoms with Crippen LogP contribution in [-0.4, -0.2) is 33.7 Å². The fraction of sp³-hybridized carbons (Fsp3) is 0.280. The molecule has 1 amide bonds. The molecule has 2 heterocycles.